The van der Waals surface area contributed by atoms with E-state index in [-0.39, 0.29) is 52.1 Å². The quantitative estimate of drug-likeness (QED) is 0.164. The van der Waals surface area contributed by atoms with Gasteiger partial charge in [0.05, 0.1) is 0 Å². The minimum absolute atomic E-state index is 0.0326. The molecule has 7 heteroatoms. The Hall–Kier alpha value is -3.61. The van der Waals surface area contributed by atoms with Gasteiger partial charge in [-0.15, -0.1) is 0 Å². The molecule has 0 aromatic heterocycles. The van der Waals surface area contributed by atoms with Crippen molar-refractivity contribution in [2.75, 3.05) is 0 Å². The first-order chi connectivity index (χ1) is 19.1. The number of hydrogen-bond acceptors (Lipinski definition) is 0. The van der Waals surface area contributed by atoms with Crippen molar-refractivity contribution in [2.45, 2.75) is 51.4 Å². The van der Waals surface area contributed by atoms with Crippen molar-refractivity contribution in [2.24, 2.45) is 5.92 Å². The van der Waals surface area contributed by atoms with E-state index in [0.717, 1.165) is 49.9 Å². The van der Waals surface area contributed by atoms with Crippen LogP contribution in [0, 0.1) is 46.6 Å². The van der Waals surface area contributed by atoms with Crippen LogP contribution in [0.15, 0.2) is 60.7 Å². The lowest BCUT2D eigenvalue weighted by molar-refractivity contribution is 0.339. The molecular formula is C33H27F7. The summed E-state index contributed by atoms with van der Waals surface area (Å²) in [6, 6.07) is 12.8. The van der Waals surface area contributed by atoms with Gasteiger partial charge in [0.25, 0.3) is 0 Å². The zero-order chi connectivity index (χ0) is 28.6. The lowest BCUT2D eigenvalue weighted by atomic mass is 9.79. The van der Waals surface area contributed by atoms with Gasteiger partial charge in [0.15, 0.2) is 29.1 Å². The van der Waals surface area contributed by atoms with Crippen molar-refractivity contribution >= 4 is 0 Å². The molecule has 1 fully saturated rings. The fourth-order valence-corrected chi connectivity index (χ4v) is 5.54. The van der Waals surface area contributed by atoms with Crippen LogP contribution in [0.4, 0.5) is 30.7 Å². The minimum Gasteiger partial charge on any atom is -0.207 e. The molecule has 0 aliphatic heterocycles. The molecule has 1 aliphatic rings. The van der Waals surface area contributed by atoms with Crippen LogP contribution in [0.5, 0.6) is 0 Å². The molecule has 1 saturated carbocycles. The van der Waals surface area contributed by atoms with Gasteiger partial charge in [-0.2, -0.15) is 0 Å². The average molecular weight is 557 g/mol. The fraction of sp³-hybridized carbons (Fsp3) is 0.273. The van der Waals surface area contributed by atoms with Crippen LogP contribution in [0.1, 0.15) is 55.2 Å². The molecule has 0 saturated heterocycles. The van der Waals surface area contributed by atoms with Gasteiger partial charge in [0.1, 0.15) is 11.6 Å². The highest BCUT2D eigenvalue weighted by Gasteiger charge is 2.25. The molecule has 1 aliphatic carbocycles. The molecule has 0 spiro atoms. The van der Waals surface area contributed by atoms with Crippen molar-refractivity contribution in [3.63, 3.8) is 0 Å². The van der Waals surface area contributed by atoms with Gasteiger partial charge in [-0.3, -0.25) is 0 Å². The van der Waals surface area contributed by atoms with Gasteiger partial charge < -0.3 is 0 Å². The summed E-state index contributed by atoms with van der Waals surface area (Å²) in [4.78, 5) is 0. The molecular weight excluding hydrogens is 529 g/mol. The highest BCUT2D eigenvalue weighted by Crippen LogP contribution is 2.39. The van der Waals surface area contributed by atoms with E-state index in [9.17, 15) is 17.6 Å². The molecule has 0 unspecified atom stereocenters. The molecule has 0 radical (unpaired) electrons. The zero-order valence-electron chi connectivity index (χ0n) is 21.8. The molecule has 5 rings (SSSR count). The van der Waals surface area contributed by atoms with Crippen molar-refractivity contribution < 1.29 is 30.7 Å². The first-order valence-electron chi connectivity index (χ1n) is 13.3. The third kappa shape index (κ3) is 5.65. The van der Waals surface area contributed by atoms with E-state index < -0.39 is 40.7 Å². The maximum atomic E-state index is 15.1. The van der Waals surface area contributed by atoms with E-state index in [4.69, 9.17) is 0 Å². The molecule has 0 heterocycles. The molecule has 4 aromatic rings. The SMILES string of the molecule is CC1CCC(c2ccc(-c3ccc(-c4ccc(CCc5cc(F)c(F)c(F)c5)c(F)c4)c(F)c3)c(F)c2F)CC1. The van der Waals surface area contributed by atoms with Crippen molar-refractivity contribution in [3.8, 4) is 22.3 Å². The highest BCUT2D eigenvalue weighted by atomic mass is 19.2. The Bertz CT molecular complexity index is 1530. The lowest BCUT2D eigenvalue weighted by Crippen LogP contribution is -2.13. The van der Waals surface area contributed by atoms with Gasteiger partial charge in [-0.05, 0) is 89.6 Å². The van der Waals surface area contributed by atoms with Gasteiger partial charge in [0.2, 0.25) is 0 Å². The predicted octanol–water partition coefficient (Wildman–Crippen LogP) is 10.1. The van der Waals surface area contributed by atoms with Gasteiger partial charge in [-0.1, -0.05) is 56.2 Å². The first kappa shape index (κ1) is 27.9. The summed E-state index contributed by atoms with van der Waals surface area (Å²) in [6.07, 6.45) is 3.69. The van der Waals surface area contributed by atoms with E-state index in [1.165, 1.54) is 30.3 Å². The summed E-state index contributed by atoms with van der Waals surface area (Å²) in [7, 11) is 0. The number of benzene rings is 4. The number of rotatable bonds is 6. The second-order valence-corrected chi connectivity index (χ2v) is 10.7. The molecule has 0 bridgehead atoms. The third-order valence-electron chi connectivity index (χ3n) is 7.94. The summed E-state index contributed by atoms with van der Waals surface area (Å²) >= 11 is 0. The molecule has 0 N–H and O–H groups in total. The summed E-state index contributed by atoms with van der Waals surface area (Å²) in [5.41, 5.74) is 1.19. The average Bonchev–Trinajstić information content (AvgIpc) is 2.93. The van der Waals surface area contributed by atoms with E-state index >= 15 is 13.2 Å². The lowest BCUT2D eigenvalue weighted by Gasteiger charge is -2.27. The molecule has 208 valence electrons. The summed E-state index contributed by atoms with van der Waals surface area (Å²) in [5, 5.41) is 0. The molecule has 40 heavy (non-hydrogen) atoms. The van der Waals surface area contributed by atoms with Crippen LogP contribution in [0.25, 0.3) is 22.3 Å². The molecule has 0 amide bonds. The Balaban J connectivity index is 1.34. The Labute approximate surface area is 228 Å². The van der Waals surface area contributed by atoms with E-state index in [0.29, 0.717) is 11.5 Å². The van der Waals surface area contributed by atoms with Crippen LogP contribution >= 0.6 is 0 Å². The second-order valence-electron chi connectivity index (χ2n) is 10.7. The van der Waals surface area contributed by atoms with E-state index in [2.05, 4.69) is 6.92 Å². The minimum atomic E-state index is -1.56. The van der Waals surface area contributed by atoms with E-state index in [1.807, 2.05) is 0 Å². The number of hydrogen-bond donors (Lipinski definition) is 0. The Kier molecular flexibility index (Phi) is 8.02. The third-order valence-corrected chi connectivity index (χ3v) is 7.94. The monoisotopic (exact) mass is 556 g/mol. The second kappa shape index (κ2) is 11.5. The molecule has 4 aromatic carbocycles. The predicted molar refractivity (Wildman–Crippen MR) is 141 cm³/mol. The van der Waals surface area contributed by atoms with Gasteiger partial charge in [0, 0.05) is 11.1 Å². The summed E-state index contributed by atoms with van der Waals surface area (Å²) in [6.45, 7) is 2.15. The summed E-state index contributed by atoms with van der Waals surface area (Å²) in [5.74, 6) is -6.94. The van der Waals surface area contributed by atoms with Crippen LogP contribution < -0.4 is 0 Å². The Morgan fingerprint density at radius 1 is 0.550 bits per heavy atom. The van der Waals surface area contributed by atoms with Crippen LogP contribution in [-0.2, 0) is 12.8 Å². The van der Waals surface area contributed by atoms with E-state index in [1.54, 1.807) is 6.07 Å². The smallest absolute Gasteiger partial charge is 0.194 e. The first-order valence-corrected chi connectivity index (χ1v) is 13.3. The van der Waals surface area contributed by atoms with Gasteiger partial charge >= 0.3 is 0 Å². The topological polar surface area (TPSA) is 0 Å². The number of aryl methyl sites for hydroxylation is 2. The Morgan fingerprint density at radius 2 is 1.15 bits per heavy atom. The largest absolute Gasteiger partial charge is 0.207 e. The molecule has 0 nitrogen and oxygen atoms in total. The Morgan fingerprint density at radius 3 is 1.80 bits per heavy atom. The number of halogens is 7. The fourth-order valence-electron chi connectivity index (χ4n) is 5.54. The normalized spacial score (nSPS) is 17.3. The summed E-state index contributed by atoms with van der Waals surface area (Å²) < 4.78 is 100. The maximum Gasteiger partial charge on any atom is 0.194 e. The molecule has 0 atom stereocenters. The maximum absolute atomic E-state index is 15.1. The van der Waals surface area contributed by atoms with Crippen molar-refractivity contribution in [1.82, 2.24) is 0 Å². The van der Waals surface area contributed by atoms with Crippen molar-refractivity contribution in [3.05, 3.63) is 118 Å². The van der Waals surface area contributed by atoms with Crippen molar-refractivity contribution in [1.29, 1.82) is 0 Å². The van der Waals surface area contributed by atoms with Crippen LogP contribution in [-0.4, -0.2) is 0 Å². The van der Waals surface area contributed by atoms with Crippen LogP contribution in [0.2, 0.25) is 0 Å². The standard InChI is InChI=1S/C33H27F7/c1-18-2-5-20(6-3-18)25-12-13-26(32(39)31(25)38)23-10-11-24(28(35)17-23)22-9-8-21(27(34)16-22)7-4-19-14-29(36)33(40)30(37)15-19/h8-18,20H,2-7H2,1H3. The van der Waals surface area contributed by atoms with Crippen LogP contribution in [0.3, 0.4) is 0 Å². The van der Waals surface area contributed by atoms with Gasteiger partial charge in [-0.25, -0.2) is 30.7 Å². The highest BCUT2D eigenvalue weighted by molar-refractivity contribution is 5.72. The zero-order valence-corrected chi connectivity index (χ0v) is 21.8.